The van der Waals surface area contributed by atoms with Gasteiger partial charge in [0.05, 0.1) is 18.2 Å². The van der Waals surface area contributed by atoms with Crippen molar-refractivity contribution in [2.75, 3.05) is 20.3 Å². The van der Waals surface area contributed by atoms with Crippen LogP contribution in [0.5, 0.6) is 28.7 Å². The molecule has 0 radical (unpaired) electrons. The standard InChI is InChI=1S/C35H35N3O11/c1-19(39)16-31(43)46-14-15-47-35(44)22(4)49-26-11-13-28(30(42)18-26)34-37-32(23-6-8-24(45-5)9-7-23)36-33(38-34)27-12-10-25(17-29(27)41)48-21(3)20(2)40/h6-13,17-18,21-22,41-42H,14-16H2,1-5H3. The lowest BCUT2D eigenvalue weighted by atomic mass is 10.1. The van der Waals surface area contributed by atoms with Gasteiger partial charge in [0.15, 0.2) is 35.5 Å². The van der Waals surface area contributed by atoms with E-state index in [2.05, 4.69) is 15.0 Å². The van der Waals surface area contributed by atoms with Gasteiger partial charge in [0, 0.05) is 17.7 Å². The molecular formula is C35H35N3O11. The number of Topliss-reactive ketones (excluding diaryl/α,β-unsaturated/α-hetero) is 2. The average Bonchev–Trinajstić information content (AvgIpc) is 3.06. The van der Waals surface area contributed by atoms with Crippen LogP contribution in [-0.2, 0) is 28.7 Å². The summed E-state index contributed by atoms with van der Waals surface area (Å²) >= 11 is 0. The van der Waals surface area contributed by atoms with E-state index in [1.807, 2.05) is 0 Å². The number of methoxy groups -OCH3 is 1. The molecule has 2 atom stereocenters. The summed E-state index contributed by atoms with van der Waals surface area (Å²) in [5.41, 5.74) is 1.03. The van der Waals surface area contributed by atoms with Crippen LogP contribution in [0.2, 0.25) is 0 Å². The normalized spacial score (nSPS) is 11.9. The molecule has 14 heteroatoms. The highest BCUT2D eigenvalue weighted by Crippen LogP contribution is 2.36. The minimum absolute atomic E-state index is 0.0663. The lowest BCUT2D eigenvalue weighted by Gasteiger charge is -2.15. The first-order valence-corrected chi connectivity index (χ1v) is 15.1. The Morgan fingerprint density at radius 3 is 1.65 bits per heavy atom. The molecule has 0 bridgehead atoms. The molecule has 0 saturated carbocycles. The second-order valence-corrected chi connectivity index (χ2v) is 10.8. The molecule has 0 spiro atoms. The van der Waals surface area contributed by atoms with Crippen LogP contribution in [-0.4, -0.2) is 81.2 Å². The van der Waals surface area contributed by atoms with Gasteiger partial charge in [-0.05, 0) is 76.2 Å². The Kier molecular flexibility index (Phi) is 11.8. The fraction of sp³-hybridized carbons (Fsp3) is 0.286. The maximum absolute atomic E-state index is 12.4. The molecule has 2 N–H and O–H groups in total. The quantitative estimate of drug-likeness (QED) is 0.102. The van der Waals surface area contributed by atoms with Gasteiger partial charge in [0.1, 0.15) is 54.2 Å². The summed E-state index contributed by atoms with van der Waals surface area (Å²) in [6, 6.07) is 15.7. The van der Waals surface area contributed by atoms with Crippen LogP contribution >= 0.6 is 0 Å². The number of nitrogens with zero attached hydrogens (tertiary/aromatic N) is 3. The highest BCUT2D eigenvalue weighted by molar-refractivity contribution is 5.94. The van der Waals surface area contributed by atoms with Crippen molar-refractivity contribution in [3.05, 3.63) is 60.7 Å². The zero-order valence-corrected chi connectivity index (χ0v) is 27.5. The van der Waals surface area contributed by atoms with E-state index in [-0.39, 0.29) is 82.8 Å². The molecule has 256 valence electrons. The van der Waals surface area contributed by atoms with Gasteiger partial charge in [-0.3, -0.25) is 14.4 Å². The second-order valence-electron chi connectivity index (χ2n) is 10.8. The number of esters is 2. The second kappa shape index (κ2) is 16.2. The summed E-state index contributed by atoms with van der Waals surface area (Å²) in [6.45, 7) is 5.25. The molecule has 14 nitrogen and oxygen atoms in total. The number of rotatable bonds is 15. The molecule has 2 unspecified atom stereocenters. The number of carbonyl (C=O) groups is 4. The number of ketones is 2. The van der Waals surface area contributed by atoms with Crippen LogP contribution in [0.25, 0.3) is 34.2 Å². The highest BCUT2D eigenvalue weighted by atomic mass is 16.6. The molecule has 49 heavy (non-hydrogen) atoms. The van der Waals surface area contributed by atoms with E-state index in [0.29, 0.717) is 11.3 Å². The Hall–Kier alpha value is -6.05. The number of aromatic hydroxyl groups is 2. The summed E-state index contributed by atoms with van der Waals surface area (Å²) in [5, 5.41) is 21.9. The van der Waals surface area contributed by atoms with Gasteiger partial charge >= 0.3 is 11.9 Å². The summed E-state index contributed by atoms with van der Waals surface area (Å²) in [6.07, 6.45) is -2.16. The van der Waals surface area contributed by atoms with Crippen molar-refractivity contribution in [1.82, 2.24) is 15.0 Å². The number of carbonyl (C=O) groups excluding carboxylic acids is 4. The molecule has 0 aliphatic rings. The van der Waals surface area contributed by atoms with E-state index < -0.39 is 24.1 Å². The van der Waals surface area contributed by atoms with E-state index in [4.69, 9.17) is 23.7 Å². The minimum atomic E-state index is -1.09. The molecule has 1 heterocycles. The molecule has 4 rings (SSSR count). The van der Waals surface area contributed by atoms with E-state index in [9.17, 15) is 29.4 Å². The first-order chi connectivity index (χ1) is 23.3. The maximum Gasteiger partial charge on any atom is 0.347 e. The zero-order chi connectivity index (χ0) is 35.7. The smallest absolute Gasteiger partial charge is 0.347 e. The fourth-order valence-corrected chi connectivity index (χ4v) is 4.24. The molecular weight excluding hydrogens is 638 g/mol. The Bertz CT molecular complexity index is 1840. The van der Waals surface area contributed by atoms with Crippen LogP contribution in [0.1, 0.15) is 34.1 Å². The predicted molar refractivity (Wildman–Crippen MR) is 174 cm³/mol. The Morgan fingerprint density at radius 2 is 1.16 bits per heavy atom. The number of hydrogen-bond donors (Lipinski definition) is 2. The molecule has 0 fully saturated rings. The van der Waals surface area contributed by atoms with Gasteiger partial charge in [-0.15, -0.1) is 0 Å². The lowest BCUT2D eigenvalue weighted by molar-refractivity contribution is -0.157. The average molecular weight is 674 g/mol. The summed E-state index contributed by atoms with van der Waals surface area (Å²) in [7, 11) is 1.54. The number of benzene rings is 3. The minimum Gasteiger partial charge on any atom is -0.507 e. The zero-order valence-electron chi connectivity index (χ0n) is 27.5. The third-order valence-electron chi connectivity index (χ3n) is 6.92. The van der Waals surface area contributed by atoms with Crippen LogP contribution in [0.3, 0.4) is 0 Å². The van der Waals surface area contributed by atoms with Gasteiger partial charge < -0.3 is 33.9 Å². The molecule has 0 saturated heterocycles. The number of ether oxygens (including phenoxy) is 5. The van der Waals surface area contributed by atoms with Crippen LogP contribution in [0, 0.1) is 0 Å². The first kappa shape index (κ1) is 35.8. The molecule has 4 aromatic rings. The van der Waals surface area contributed by atoms with Gasteiger partial charge in [-0.2, -0.15) is 0 Å². The molecule has 1 aromatic heterocycles. The molecule has 0 aliphatic carbocycles. The lowest BCUT2D eigenvalue weighted by Crippen LogP contribution is -2.27. The largest absolute Gasteiger partial charge is 0.507 e. The molecule has 0 amide bonds. The number of hydrogen-bond acceptors (Lipinski definition) is 14. The topological polar surface area (TPSA) is 194 Å². The Morgan fingerprint density at radius 1 is 0.673 bits per heavy atom. The fourth-order valence-electron chi connectivity index (χ4n) is 4.24. The van der Waals surface area contributed by atoms with Gasteiger partial charge in [-0.1, -0.05) is 0 Å². The third kappa shape index (κ3) is 9.73. The number of phenols is 2. The summed E-state index contributed by atoms with van der Waals surface area (Å²) in [5.74, 6) is -1.07. The van der Waals surface area contributed by atoms with Crippen LogP contribution < -0.4 is 14.2 Å². The molecule has 3 aromatic carbocycles. The number of aromatic nitrogens is 3. The maximum atomic E-state index is 12.4. The van der Waals surface area contributed by atoms with Crippen molar-refractivity contribution in [2.45, 2.75) is 46.3 Å². The van der Waals surface area contributed by atoms with Crippen molar-refractivity contribution < 1.29 is 53.1 Å². The predicted octanol–water partition coefficient (Wildman–Crippen LogP) is 4.48. The van der Waals surface area contributed by atoms with Crippen LogP contribution in [0.15, 0.2) is 60.7 Å². The Balaban J connectivity index is 1.58. The van der Waals surface area contributed by atoms with Gasteiger partial charge in [-0.25, -0.2) is 19.7 Å². The van der Waals surface area contributed by atoms with E-state index in [0.717, 1.165) is 0 Å². The highest BCUT2D eigenvalue weighted by Gasteiger charge is 2.21. The summed E-state index contributed by atoms with van der Waals surface area (Å²) in [4.78, 5) is 60.1. The third-order valence-corrected chi connectivity index (χ3v) is 6.92. The van der Waals surface area contributed by atoms with Crippen LogP contribution in [0.4, 0.5) is 0 Å². The van der Waals surface area contributed by atoms with Gasteiger partial charge in [0.25, 0.3) is 0 Å². The SMILES string of the molecule is COc1ccc(-c2nc(-c3ccc(OC(C)C(C)=O)cc3O)nc(-c3ccc(OC(C)C(=O)OCCOC(=O)CC(C)=O)cc3O)n2)cc1. The van der Waals surface area contributed by atoms with Crippen molar-refractivity contribution in [3.8, 4) is 62.9 Å². The molecule has 0 aliphatic heterocycles. The van der Waals surface area contributed by atoms with Crippen molar-refractivity contribution in [3.63, 3.8) is 0 Å². The van der Waals surface area contributed by atoms with E-state index in [1.54, 1.807) is 50.4 Å². The first-order valence-electron chi connectivity index (χ1n) is 15.1. The summed E-state index contributed by atoms with van der Waals surface area (Å²) < 4.78 is 26.4. The monoisotopic (exact) mass is 673 g/mol. The van der Waals surface area contributed by atoms with Crippen molar-refractivity contribution in [1.29, 1.82) is 0 Å². The van der Waals surface area contributed by atoms with E-state index in [1.165, 1.54) is 45.0 Å². The van der Waals surface area contributed by atoms with Crippen molar-refractivity contribution >= 4 is 23.5 Å². The Labute approximate surface area is 281 Å². The number of phenolic OH excluding ortho intramolecular Hbond substituents is 2. The van der Waals surface area contributed by atoms with E-state index >= 15 is 0 Å². The van der Waals surface area contributed by atoms with Gasteiger partial charge in [0.2, 0.25) is 0 Å². The van der Waals surface area contributed by atoms with Crippen molar-refractivity contribution in [2.24, 2.45) is 0 Å².